The van der Waals surface area contributed by atoms with E-state index in [1.807, 2.05) is 6.07 Å². The molecule has 2 heterocycles. The van der Waals surface area contributed by atoms with E-state index in [1.165, 1.54) is 6.20 Å². The van der Waals surface area contributed by atoms with Crippen LogP contribution in [-0.4, -0.2) is 14.6 Å². The predicted molar refractivity (Wildman–Crippen MR) is 37.7 cm³/mol. The van der Waals surface area contributed by atoms with Crippen LogP contribution in [0.3, 0.4) is 0 Å². The van der Waals surface area contributed by atoms with E-state index in [-0.39, 0.29) is 0 Å². The second-order valence-electron chi connectivity index (χ2n) is 2.08. The van der Waals surface area contributed by atoms with Gasteiger partial charge in [-0.1, -0.05) is 0 Å². The van der Waals surface area contributed by atoms with Gasteiger partial charge in [0.05, 0.1) is 18.0 Å². The molecule has 2 aromatic heterocycles. The zero-order valence-electron chi connectivity index (χ0n) is 5.60. The van der Waals surface area contributed by atoms with Gasteiger partial charge in [-0.3, -0.25) is 4.98 Å². The average molecular weight is 144 g/mol. The molecule has 4 heteroatoms. The highest BCUT2D eigenvalue weighted by atomic mass is 15.2. The summed E-state index contributed by atoms with van der Waals surface area (Å²) in [6.45, 7) is 0. The van der Waals surface area contributed by atoms with E-state index >= 15 is 0 Å². The maximum absolute atomic E-state index is 8.59. The molecule has 0 saturated heterocycles. The third kappa shape index (κ3) is 0.749. The monoisotopic (exact) mass is 144 g/mol. The lowest BCUT2D eigenvalue weighted by Gasteiger charge is -1.87. The SMILES string of the molecule is N#Cc1cnn2ccncc12. The summed E-state index contributed by atoms with van der Waals surface area (Å²) in [5.41, 5.74) is 1.30. The molecular weight excluding hydrogens is 140 g/mol. The van der Waals surface area contributed by atoms with E-state index in [0.717, 1.165) is 5.52 Å². The van der Waals surface area contributed by atoms with Gasteiger partial charge >= 0.3 is 0 Å². The summed E-state index contributed by atoms with van der Waals surface area (Å²) in [6.07, 6.45) is 6.47. The van der Waals surface area contributed by atoms with Gasteiger partial charge in [-0.25, -0.2) is 4.52 Å². The maximum atomic E-state index is 8.59. The van der Waals surface area contributed by atoms with Crippen LogP contribution in [0.5, 0.6) is 0 Å². The number of nitriles is 1. The Morgan fingerprint density at radius 1 is 1.45 bits per heavy atom. The van der Waals surface area contributed by atoms with Crippen molar-refractivity contribution >= 4 is 5.52 Å². The quantitative estimate of drug-likeness (QED) is 0.544. The minimum Gasteiger partial charge on any atom is -0.261 e. The molecule has 0 N–H and O–H groups in total. The van der Waals surface area contributed by atoms with Gasteiger partial charge in [0, 0.05) is 12.4 Å². The van der Waals surface area contributed by atoms with Crippen molar-refractivity contribution in [2.24, 2.45) is 0 Å². The van der Waals surface area contributed by atoms with Crippen LogP contribution in [0.2, 0.25) is 0 Å². The lowest BCUT2D eigenvalue weighted by atomic mass is 10.3. The molecule has 0 atom stereocenters. The van der Waals surface area contributed by atoms with Gasteiger partial charge in [-0.15, -0.1) is 0 Å². The lowest BCUT2D eigenvalue weighted by molar-refractivity contribution is 0.946. The first-order valence-corrected chi connectivity index (χ1v) is 3.09. The van der Waals surface area contributed by atoms with Crippen molar-refractivity contribution in [2.75, 3.05) is 0 Å². The third-order valence-corrected chi connectivity index (χ3v) is 1.45. The van der Waals surface area contributed by atoms with E-state index in [0.29, 0.717) is 5.56 Å². The molecule has 0 aliphatic heterocycles. The molecule has 0 fully saturated rings. The minimum atomic E-state index is 0.554. The standard InChI is InChI=1S/C7H4N4/c8-3-6-4-10-11-2-1-9-5-7(6)11/h1-2,4-5H. The highest BCUT2D eigenvalue weighted by Gasteiger charge is 1.99. The van der Waals surface area contributed by atoms with Crippen molar-refractivity contribution in [3.05, 3.63) is 30.4 Å². The molecule has 0 aromatic carbocycles. The molecule has 52 valence electrons. The van der Waals surface area contributed by atoms with Crippen molar-refractivity contribution in [1.29, 1.82) is 5.26 Å². The minimum absolute atomic E-state index is 0.554. The first kappa shape index (κ1) is 5.86. The van der Waals surface area contributed by atoms with Crippen LogP contribution in [0.25, 0.3) is 5.52 Å². The van der Waals surface area contributed by atoms with E-state index in [2.05, 4.69) is 10.1 Å². The summed E-state index contributed by atoms with van der Waals surface area (Å²) in [6, 6.07) is 2.03. The normalized spacial score (nSPS) is 9.73. The zero-order valence-corrected chi connectivity index (χ0v) is 5.60. The third-order valence-electron chi connectivity index (χ3n) is 1.45. The number of hydrogen-bond donors (Lipinski definition) is 0. The molecular formula is C7H4N4. The molecule has 0 amide bonds. The van der Waals surface area contributed by atoms with Crippen LogP contribution in [0.4, 0.5) is 0 Å². The largest absolute Gasteiger partial charge is 0.261 e. The Hall–Kier alpha value is -1.89. The number of nitrogens with zero attached hydrogens (tertiary/aromatic N) is 4. The molecule has 11 heavy (non-hydrogen) atoms. The van der Waals surface area contributed by atoms with Gasteiger partial charge in [0.2, 0.25) is 0 Å². The summed E-state index contributed by atoms with van der Waals surface area (Å²) >= 11 is 0. The van der Waals surface area contributed by atoms with E-state index < -0.39 is 0 Å². The Morgan fingerprint density at radius 2 is 2.36 bits per heavy atom. The van der Waals surface area contributed by atoms with Crippen molar-refractivity contribution in [3.63, 3.8) is 0 Å². The van der Waals surface area contributed by atoms with Crippen LogP contribution in [-0.2, 0) is 0 Å². The summed E-state index contributed by atoms with van der Waals surface area (Å²) in [7, 11) is 0. The smallest absolute Gasteiger partial charge is 0.103 e. The lowest BCUT2D eigenvalue weighted by Crippen LogP contribution is -1.85. The van der Waals surface area contributed by atoms with Crippen LogP contribution in [0.1, 0.15) is 5.56 Å². The highest BCUT2D eigenvalue weighted by molar-refractivity contribution is 5.57. The molecule has 0 saturated carbocycles. The molecule has 0 unspecified atom stereocenters. The Morgan fingerprint density at radius 3 is 3.18 bits per heavy atom. The van der Waals surface area contributed by atoms with E-state index in [4.69, 9.17) is 5.26 Å². The van der Waals surface area contributed by atoms with Gasteiger partial charge in [-0.05, 0) is 0 Å². The van der Waals surface area contributed by atoms with Crippen molar-refractivity contribution in [3.8, 4) is 6.07 Å². The first-order valence-electron chi connectivity index (χ1n) is 3.09. The van der Waals surface area contributed by atoms with Crippen LogP contribution >= 0.6 is 0 Å². The zero-order chi connectivity index (χ0) is 7.68. The van der Waals surface area contributed by atoms with Crippen molar-refractivity contribution in [2.45, 2.75) is 0 Å². The second-order valence-corrected chi connectivity index (χ2v) is 2.08. The molecule has 0 spiro atoms. The fourth-order valence-electron chi connectivity index (χ4n) is 0.921. The van der Waals surface area contributed by atoms with Crippen molar-refractivity contribution < 1.29 is 0 Å². The topological polar surface area (TPSA) is 54.0 Å². The summed E-state index contributed by atoms with van der Waals surface area (Å²) in [4.78, 5) is 3.88. The molecule has 0 aliphatic rings. The van der Waals surface area contributed by atoms with Gasteiger partial charge in [0.25, 0.3) is 0 Å². The van der Waals surface area contributed by atoms with E-state index in [9.17, 15) is 0 Å². The van der Waals surface area contributed by atoms with Gasteiger partial charge < -0.3 is 0 Å². The molecule has 0 aliphatic carbocycles. The Bertz CT molecular complexity index is 423. The number of aromatic nitrogens is 3. The second kappa shape index (κ2) is 2.06. The summed E-state index contributed by atoms with van der Waals surface area (Å²) in [5, 5.41) is 12.5. The highest BCUT2D eigenvalue weighted by Crippen LogP contribution is 2.05. The van der Waals surface area contributed by atoms with Crippen LogP contribution in [0, 0.1) is 11.3 Å². The Balaban J connectivity index is 2.89. The Kier molecular flexibility index (Phi) is 1.10. The van der Waals surface area contributed by atoms with Crippen LogP contribution < -0.4 is 0 Å². The molecule has 0 radical (unpaired) electrons. The van der Waals surface area contributed by atoms with Gasteiger partial charge in [0.15, 0.2) is 0 Å². The number of fused-ring (bicyclic) bond motifs is 1. The summed E-state index contributed by atoms with van der Waals surface area (Å²) in [5.74, 6) is 0. The van der Waals surface area contributed by atoms with Gasteiger partial charge in [-0.2, -0.15) is 10.4 Å². The molecule has 0 bridgehead atoms. The van der Waals surface area contributed by atoms with Gasteiger partial charge in [0.1, 0.15) is 11.6 Å². The molecule has 2 aromatic rings. The van der Waals surface area contributed by atoms with Crippen molar-refractivity contribution in [1.82, 2.24) is 14.6 Å². The van der Waals surface area contributed by atoms with Crippen LogP contribution in [0.15, 0.2) is 24.8 Å². The summed E-state index contributed by atoms with van der Waals surface area (Å²) < 4.78 is 1.62. The van der Waals surface area contributed by atoms with E-state index in [1.54, 1.807) is 23.1 Å². The first-order chi connectivity index (χ1) is 5.42. The molecule has 2 rings (SSSR count). The fraction of sp³-hybridized carbons (Fsp3) is 0. The average Bonchev–Trinajstić information content (AvgIpc) is 2.47. The Labute approximate surface area is 62.7 Å². The fourth-order valence-corrected chi connectivity index (χ4v) is 0.921. The maximum Gasteiger partial charge on any atom is 0.103 e. The number of rotatable bonds is 0. The molecule has 4 nitrogen and oxygen atoms in total. The predicted octanol–water partition coefficient (Wildman–Crippen LogP) is 0.601. The number of hydrogen-bond acceptors (Lipinski definition) is 3.